The molecular weight excluding hydrogens is 252 g/mol. The van der Waals surface area contributed by atoms with E-state index in [4.69, 9.17) is 4.74 Å². The highest BCUT2D eigenvalue weighted by molar-refractivity contribution is 6.13. The largest absolute Gasteiger partial charge is 0.480 e. The second-order valence-corrected chi connectivity index (χ2v) is 4.55. The Morgan fingerprint density at radius 3 is 2.21 bits per heavy atom. The van der Waals surface area contributed by atoms with Crippen LogP contribution >= 0.6 is 0 Å². The maximum absolute atomic E-state index is 12.1. The molecule has 0 aromatic rings. The molecule has 106 valence electrons. The summed E-state index contributed by atoms with van der Waals surface area (Å²) in [5, 5.41) is 19.0. The molecule has 2 atom stereocenters. The number of hydrogen-bond donors (Lipinski definition) is 2. The number of rotatable bonds is 6. The van der Waals surface area contributed by atoms with Crippen LogP contribution in [0.15, 0.2) is 12.7 Å². The zero-order valence-corrected chi connectivity index (χ0v) is 10.8. The molecule has 0 heterocycles. The molecule has 0 spiro atoms. The van der Waals surface area contributed by atoms with E-state index in [-0.39, 0.29) is 19.4 Å². The molecule has 1 aliphatic carbocycles. The van der Waals surface area contributed by atoms with Crippen LogP contribution in [0.2, 0.25) is 0 Å². The lowest BCUT2D eigenvalue weighted by atomic mass is 9.60. The fraction of sp³-hybridized carbons (Fsp3) is 0.615. The van der Waals surface area contributed by atoms with Crippen molar-refractivity contribution in [3.05, 3.63) is 12.7 Å². The van der Waals surface area contributed by atoms with Crippen molar-refractivity contribution in [2.75, 3.05) is 6.61 Å². The SMILES string of the molecule is C=CC(=O)C1(C(=O)O)CCCCC1(OCC)C(=O)O. The third-order valence-corrected chi connectivity index (χ3v) is 3.73. The molecule has 0 aromatic carbocycles. The van der Waals surface area contributed by atoms with Crippen molar-refractivity contribution in [1.82, 2.24) is 0 Å². The molecule has 0 saturated heterocycles. The number of carbonyl (C=O) groups excluding carboxylic acids is 1. The molecule has 2 unspecified atom stereocenters. The van der Waals surface area contributed by atoms with E-state index in [1.165, 1.54) is 0 Å². The molecule has 19 heavy (non-hydrogen) atoms. The molecule has 0 aromatic heterocycles. The van der Waals surface area contributed by atoms with E-state index in [9.17, 15) is 24.6 Å². The molecule has 1 aliphatic rings. The monoisotopic (exact) mass is 270 g/mol. The normalized spacial score (nSPS) is 30.6. The number of hydrogen-bond acceptors (Lipinski definition) is 4. The van der Waals surface area contributed by atoms with Gasteiger partial charge in [0.1, 0.15) is 0 Å². The number of allylic oxidation sites excluding steroid dienone is 1. The Balaban J connectivity index is 3.52. The number of carbonyl (C=O) groups is 3. The minimum absolute atomic E-state index is 0.00204. The standard InChI is InChI=1S/C13H18O6/c1-3-9(14)12(10(15)16)7-5-6-8-13(12,11(17)18)19-4-2/h3H,1,4-8H2,2H3,(H,15,16)(H,17,18). The van der Waals surface area contributed by atoms with Crippen molar-refractivity contribution < 1.29 is 29.3 Å². The van der Waals surface area contributed by atoms with Gasteiger partial charge in [0, 0.05) is 6.61 Å². The fourth-order valence-electron chi connectivity index (χ4n) is 2.85. The predicted octanol–water partition coefficient (Wildman–Crippen LogP) is 1.25. The summed E-state index contributed by atoms with van der Waals surface area (Å²) in [6.45, 7) is 4.88. The van der Waals surface area contributed by atoms with Crippen molar-refractivity contribution in [2.24, 2.45) is 5.41 Å². The molecule has 0 bridgehead atoms. The molecule has 0 aliphatic heterocycles. The molecule has 1 saturated carbocycles. The fourth-order valence-corrected chi connectivity index (χ4v) is 2.85. The lowest BCUT2D eigenvalue weighted by Gasteiger charge is -2.45. The van der Waals surface area contributed by atoms with Crippen molar-refractivity contribution in [1.29, 1.82) is 0 Å². The average Bonchev–Trinajstić information content (AvgIpc) is 2.38. The molecular formula is C13H18O6. The highest BCUT2D eigenvalue weighted by Crippen LogP contribution is 2.48. The third-order valence-electron chi connectivity index (χ3n) is 3.73. The maximum Gasteiger partial charge on any atom is 0.337 e. The zero-order chi connectivity index (χ0) is 14.7. The van der Waals surface area contributed by atoms with Crippen LogP contribution in [0.5, 0.6) is 0 Å². The summed E-state index contributed by atoms with van der Waals surface area (Å²) in [7, 11) is 0. The quantitative estimate of drug-likeness (QED) is 0.556. The van der Waals surface area contributed by atoms with E-state index >= 15 is 0 Å². The summed E-state index contributed by atoms with van der Waals surface area (Å²) in [5.41, 5.74) is -4.11. The van der Waals surface area contributed by atoms with E-state index in [1.54, 1.807) is 6.92 Å². The smallest absolute Gasteiger partial charge is 0.337 e. The van der Waals surface area contributed by atoms with Gasteiger partial charge in [-0.2, -0.15) is 0 Å². The van der Waals surface area contributed by atoms with Crippen LogP contribution in [0.3, 0.4) is 0 Å². The van der Waals surface area contributed by atoms with E-state index in [0.717, 1.165) is 6.08 Å². The summed E-state index contributed by atoms with van der Waals surface area (Å²) >= 11 is 0. The van der Waals surface area contributed by atoms with Crippen LogP contribution in [-0.2, 0) is 19.1 Å². The van der Waals surface area contributed by atoms with Gasteiger partial charge < -0.3 is 14.9 Å². The second kappa shape index (κ2) is 5.52. The summed E-state index contributed by atoms with van der Waals surface area (Å²) in [4.78, 5) is 35.4. The first kappa shape index (κ1) is 15.4. The van der Waals surface area contributed by atoms with Crippen LogP contribution in [0.25, 0.3) is 0 Å². The van der Waals surface area contributed by atoms with Gasteiger partial charge in [-0.1, -0.05) is 13.0 Å². The summed E-state index contributed by atoms with van der Waals surface area (Å²) in [6.07, 6.45) is 1.79. The third kappa shape index (κ3) is 2.06. The van der Waals surface area contributed by atoms with Crippen LogP contribution in [0, 0.1) is 5.41 Å². The zero-order valence-electron chi connectivity index (χ0n) is 10.8. The van der Waals surface area contributed by atoms with Crippen LogP contribution in [-0.4, -0.2) is 40.1 Å². The van der Waals surface area contributed by atoms with E-state index in [1.807, 2.05) is 0 Å². The summed E-state index contributed by atoms with van der Waals surface area (Å²) in [6, 6.07) is 0. The van der Waals surface area contributed by atoms with Crippen molar-refractivity contribution in [2.45, 2.75) is 38.2 Å². The Hall–Kier alpha value is -1.69. The number of carboxylic acids is 2. The van der Waals surface area contributed by atoms with Gasteiger partial charge in [-0.05, 0) is 32.3 Å². The van der Waals surface area contributed by atoms with Gasteiger partial charge in [0.25, 0.3) is 0 Å². The lowest BCUT2D eigenvalue weighted by Crippen LogP contribution is -2.64. The van der Waals surface area contributed by atoms with E-state index < -0.39 is 28.7 Å². The number of carboxylic acid groups (broad SMARTS) is 2. The van der Waals surface area contributed by atoms with Gasteiger partial charge in [-0.15, -0.1) is 0 Å². The summed E-state index contributed by atoms with van der Waals surface area (Å²) < 4.78 is 5.28. The molecule has 2 N–H and O–H groups in total. The Morgan fingerprint density at radius 1 is 1.21 bits per heavy atom. The molecule has 6 heteroatoms. The molecule has 6 nitrogen and oxygen atoms in total. The second-order valence-electron chi connectivity index (χ2n) is 4.55. The number of aliphatic carboxylic acids is 2. The number of ether oxygens (including phenoxy) is 1. The van der Waals surface area contributed by atoms with Gasteiger partial charge >= 0.3 is 11.9 Å². The van der Waals surface area contributed by atoms with Crippen molar-refractivity contribution >= 4 is 17.7 Å². The minimum atomic E-state index is -2.09. The predicted molar refractivity (Wildman–Crippen MR) is 65.7 cm³/mol. The van der Waals surface area contributed by atoms with Gasteiger partial charge in [-0.25, -0.2) is 4.79 Å². The topological polar surface area (TPSA) is 101 Å². The molecule has 1 rings (SSSR count). The van der Waals surface area contributed by atoms with Gasteiger partial charge in [0.15, 0.2) is 16.8 Å². The minimum Gasteiger partial charge on any atom is -0.480 e. The maximum atomic E-state index is 12.1. The summed E-state index contributed by atoms with van der Waals surface area (Å²) in [5.74, 6) is -3.69. The highest BCUT2D eigenvalue weighted by Gasteiger charge is 2.67. The first-order valence-corrected chi connectivity index (χ1v) is 6.16. The Kier molecular flexibility index (Phi) is 4.47. The van der Waals surface area contributed by atoms with Crippen LogP contribution < -0.4 is 0 Å². The van der Waals surface area contributed by atoms with Crippen LogP contribution in [0.1, 0.15) is 32.6 Å². The lowest BCUT2D eigenvalue weighted by molar-refractivity contribution is -0.206. The Morgan fingerprint density at radius 2 is 1.79 bits per heavy atom. The molecule has 0 amide bonds. The van der Waals surface area contributed by atoms with Gasteiger partial charge in [0.05, 0.1) is 0 Å². The first-order valence-electron chi connectivity index (χ1n) is 6.16. The van der Waals surface area contributed by atoms with Crippen LogP contribution in [0.4, 0.5) is 0 Å². The molecule has 0 radical (unpaired) electrons. The average molecular weight is 270 g/mol. The first-order chi connectivity index (χ1) is 8.89. The van der Waals surface area contributed by atoms with Gasteiger partial charge in [-0.3, -0.25) is 9.59 Å². The number of ketones is 1. The highest BCUT2D eigenvalue weighted by atomic mass is 16.5. The van der Waals surface area contributed by atoms with Crippen molar-refractivity contribution in [3.63, 3.8) is 0 Å². The molecule has 1 fully saturated rings. The van der Waals surface area contributed by atoms with E-state index in [2.05, 4.69) is 6.58 Å². The van der Waals surface area contributed by atoms with E-state index in [0.29, 0.717) is 12.8 Å². The van der Waals surface area contributed by atoms with Gasteiger partial charge in [0.2, 0.25) is 0 Å². The van der Waals surface area contributed by atoms with Crippen molar-refractivity contribution in [3.8, 4) is 0 Å². The Labute approximate surface area is 111 Å². The Bertz CT molecular complexity index is 411.